The molecule has 0 aliphatic heterocycles. The maximum absolute atomic E-state index is 5.18. The van der Waals surface area contributed by atoms with Gasteiger partial charge in [-0.3, -0.25) is 4.57 Å². The number of hydrogen-bond donors (Lipinski definition) is 1. The monoisotopic (exact) mass is 256 g/mol. The van der Waals surface area contributed by atoms with Crippen LogP contribution in [-0.4, -0.2) is 27.4 Å². The molecule has 0 aliphatic carbocycles. The van der Waals surface area contributed by atoms with E-state index in [9.17, 15) is 0 Å². The molecule has 1 aromatic rings. The second-order valence-electron chi connectivity index (χ2n) is 4.90. The maximum atomic E-state index is 5.18. The van der Waals surface area contributed by atoms with Gasteiger partial charge in [-0.1, -0.05) is 27.7 Å². The molecule has 0 atom stereocenters. The molecule has 0 unspecified atom stereocenters. The van der Waals surface area contributed by atoms with Crippen LogP contribution in [0.1, 0.15) is 40.5 Å². The zero-order chi connectivity index (χ0) is 13.0. The second kappa shape index (κ2) is 6.19. The van der Waals surface area contributed by atoms with Crippen LogP contribution in [0.25, 0.3) is 0 Å². The molecule has 4 nitrogen and oxygen atoms in total. The van der Waals surface area contributed by atoms with Gasteiger partial charge in [-0.25, -0.2) is 5.10 Å². The van der Waals surface area contributed by atoms with E-state index in [1.807, 2.05) is 11.6 Å². The first-order chi connectivity index (χ1) is 8.01. The number of aromatic amines is 1. The summed E-state index contributed by atoms with van der Waals surface area (Å²) in [5.41, 5.74) is 0. The minimum absolute atomic E-state index is 0.529. The third-order valence-electron chi connectivity index (χ3n) is 3.06. The van der Waals surface area contributed by atoms with Crippen molar-refractivity contribution in [3.63, 3.8) is 0 Å². The van der Waals surface area contributed by atoms with Crippen LogP contribution in [-0.2, 0) is 7.05 Å². The van der Waals surface area contributed by atoms with Crippen molar-refractivity contribution in [1.82, 2.24) is 14.8 Å². The summed E-state index contributed by atoms with van der Waals surface area (Å²) >= 11 is 5.18. The molecule has 0 saturated heterocycles. The number of hydrogen-bond acceptors (Lipinski definition) is 3. The Bertz CT molecular complexity index is 389. The molecule has 0 aromatic carbocycles. The van der Waals surface area contributed by atoms with Gasteiger partial charge in [0.1, 0.15) is 0 Å². The maximum Gasteiger partial charge on any atom is 0.225 e. The summed E-state index contributed by atoms with van der Waals surface area (Å²) in [5, 5.41) is 7.23. The lowest BCUT2D eigenvalue weighted by Crippen LogP contribution is -2.39. The van der Waals surface area contributed by atoms with Crippen molar-refractivity contribution in [3.8, 4) is 0 Å². The standard InChI is InChI=1S/C12H24N4S/c1-6-10(7-2)16(8-9(3)4)11-13-14-12(17)15(11)5/h9-10H,6-8H2,1-5H3,(H,14,17). The first-order valence-corrected chi connectivity index (χ1v) is 6.80. The highest BCUT2D eigenvalue weighted by Crippen LogP contribution is 2.19. The highest BCUT2D eigenvalue weighted by Gasteiger charge is 2.20. The van der Waals surface area contributed by atoms with E-state index in [1.54, 1.807) is 0 Å². The lowest BCUT2D eigenvalue weighted by molar-refractivity contribution is 0.493. The molecule has 0 spiro atoms. The van der Waals surface area contributed by atoms with Gasteiger partial charge in [0.25, 0.3) is 0 Å². The van der Waals surface area contributed by atoms with E-state index in [1.165, 1.54) is 0 Å². The summed E-state index contributed by atoms with van der Waals surface area (Å²) in [6, 6.07) is 0.529. The van der Waals surface area contributed by atoms with Crippen molar-refractivity contribution in [2.45, 2.75) is 46.6 Å². The van der Waals surface area contributed by atoms with E-state index >= 15 is 0 Å². The zero-order valence-electron chi connectivity index (χ0n) is 11.5. The van der Waals surface area contributed by atoms with Crippen molar-refractivity contribution in [2.24, 2.45) is 13.0 Å². The van der Waals surface area contributed by atoms with E-state index < -0.39 is 0 Å². The molecule has 17 heavy (non-hydrogen) atoms. The fraction of sp³-hybridized carbons (Fsp3) is 0.833. The van der Waals surface area contributed by atoms with Crippen molar-refractivity contribution in [1.29, 1.82) is 0 Å². The van der Waals surface area contributed by atoms with Crippen LogP contribution in [0, 0.1) is 10.7 Å². The highest BCUT2D eigenvalue weighted by molar-refractivity contribution is 7.71. The third-order valence-corrected chi connectivity index (χ3v) is 3.42. The molecule has 1 rings (SSSR count). The predicted molar refractivity (Wildman–Crippen MR) is 74.9 cm³/mol. The molecule has 0 saturated carbocycles. The van der Waals surface area contributed by atoms with Gasteiger partial charge in [0.05, 0.1) is 0 Å². The van der Waals surface area contributed by atoms with Crippen molar-refractivity contribution in [2.75, 3.05) is 11.4 Å². The average molecular weight is 256 g/mol. The van der Waals surface area contributed by atoms with Gasteiger partial charge < -0.3 is 4.90 Å². The summed E-state index contributed by atoms with van der Waals surface area (Å²) in [4.78, 5) is 2.37. The number of anilines is 1. The Morgan fingerprint density at radius 1 is 1.35 bits per heavy atom. The fourth-order valence-electron chi connectivity index (χ4n) is 2.11. The Kier molecular flexibility index (Phi) is 5.18. The molecule has 0 fully saturated rings. The summed E-state index contributed by atoms with van der Waals surface area (Å²) < 4.78 is 2.63. The van der Waals surface area contributed by atoms with E-state index in [-0.39, 0.29) is 0 Å². The molecule has 1 aromatic heterocycles. The lowest BCUT2D eigenvalue weighted by atomic mass is 10.1. The van der Waals surface area contributed by atoms with Crippen LogP contribution in [0.15, 0.2) is 0 Å². The number of aromatic nitrogens is 3. The molecule has 0 radical (unpaired) electrons. The van der Waals surface area contributed by atoms with Crippen molar-refractivity contribution >= 4 is 18.2 Å². The molecule has 1 N–H and O–H groups in total. The summed E-state index contributed by atoms with van der Waals surface area (Å²) in [6.45, 7) is 9.93. The SMILES string of the molecule is CCC(CC)N(CC(C)C)c1n[nH]c(=S)n1C. The molecular weight excluding hydrogens is 232 g/mol. The van der Waals surface area contributed by atoms with E-state index in [4.69, 9.17) is 12.2 Å². The zero-order valence-corrected chi connectivity index (χ0v) is 12.3. The number of nitrogens with one attached hydrogen (secondary N) is 1. The molecule has 1 heterocycles. The lowest BCUT2D eigenvalue weighted by Gasteiger charge is -2.32. The Morgan fingerprint density at radius 2 is 1.94 bits per heavy atom. The quantitative estimate of drug-likeness (QED) is 0.795. The molecule has 0 aliphatic rings. The second-order valence-corrected chi connectivity index (χ2v) is 5.29. The Hall–Kier alpha value is -0.840. The number of rotatable bonds is 6. The molecular formula is C12H24N4S. The first kappa shape index (κ1) is 14.2. The Morgan fingerprint density at radius 3 is 2.29 bits per heavy atom. The first-order valence-electron chi connectivity index (χ1n) is 6.39. The van der Waals surface area contributed by atoms with Gasteiger partial charge in [-0.15, -0.1) is 5.10 Å². The van der Waals surface area contributed by atoms with Gasteiger partial charge >= 0.3 is 0 Å². The van der Waals surface area contributed by atoms with Crippen LogP contribution in [0.3, 0.4) is 0 Å². The van der Waals surface area contributed by atoms with Gasteiger partial charge in [0.2, 0.25) is 5.95 Å². The number of nitrogens with zero attached hydrogens (tertiary/aromatic N) is 3. The molecule has 98 valence electrons. The highest BCUT2D eigenvalue weighted by atomic mass is 32.1. The fourth-order valence-corrected chi connectivity index (χ4v) is 2.24. The van der Waals surface area contributed by atoms with Gasteiger partial charge in [0, 0.05) is 19.6 Å². The van der Waals surface area contributed by atoms with Crippen LogP contribution in [0.4, 0.5) is 5.95 Å². The molecule has 0 amide bonds. The third kappa shape index (κ3) is 3.31. The minimum Gasteiger partial charge on any atom is -0.338 e. The minimum atomic E-state index is 0.529. The summed E-state index contributed by atoms with van der Waals surface area (Å²) in [6.07, 6.45) is 2.26. The van der Waals surface area contributed by atoms with Crippen molar-refractivity contribution < 1.29 is 0 Å². The smallest absolute Gasteiger partial charge is 0.225 e. The largest absolute Gasteiger partial charge is 0.338 e. The topological polar surface area (TPSA) is 36.9 Å². The summed E-state index contributed by atoms with van der Waals surface area (Å²) in [7, 11) is 1.97. The van der Waals surface area contributed by atoms with E-state index in [0.29, 0.717) is 16.7 Å². The Labute approximate surface area is 109 Å². The normalized spacial score (nSPS) is 11.5. The Balaban J connectivity index is 3.05. The van der Waals surface area contributed by atoms with Crippen LogP contribution < -0.4 is 4.90 Å². The van der Waals surface area contributed by atoms with E-state index in [0.717, 1.165) is 25.3 Å². The summed E-state index contributed by atoms with van der Waals surface area (Å²) in [5.74, 6) is 1.57. The molecule has 0 bridgehead atoms. The average Bonchev–Trinajstić information content (AvgIpc) is 2.59. The molecule has 5 heteroatoms. The number of H-pyrrole nitrogens is 1. The van der Waals surface area contributed by atoms with E-state index in [2.05, 4.69) is 42.8 Å². The van der Waals surface area contributed by atoms with Gasteiger partial charge in [0.15, 0.2) is 4.77 Å². The van der Waals surface area contributed by atoms with Crippen LogP contribution in [0.2, 0.25) is 0 Å². The van der Waals surface area contributed by atoms with Gasteiger partial charge in [-0.05, 0) is 31.0 Å². The van der Waals surface area contributed by atoms with Gasteiger partial charge in [-0.2, -0.15) is 0 Å². The van der Waals surface area contributed by atoms with Crippen LogP contribution in [0.5, 0.6) is 0 Å². The van der Waals surface area contributed by atoms with Crippen LogP contribution >= 0.6 is 12.2 Å². The predicted octanol–water partition coefficient (Wildman–Crippen LogP) is 3.13. The van der Waals surface area contributed by atoms with Crippen molar-refractivity contribution in [3.05, 3.63) is 4.77 Å².